The van der Waals surface area contributed by atoms with E-state index in [1.165, 1.54) is 0 Å². The van der Waals surface area contributed by atoms with Crippen molar-refractivity contribution in [1.29, 1.82) is 0 Å². The average molecular weight is 251 g/mol. The minimum Gasteiger partial charge on any atom is -0.461 e. The zero-order chi connectivity index (χ0) is 9.52. The number of hydrogen-bond donors (Lipinski definition) is 0. The Morgan fingerprint density at radius 2 is 2.15 bits per heavy atom. The van der Waals surface area contributed by atoms with Gasteiger partial charge in [0.25, 0.3) is 0 Å². The second-order valence-corrected chi connectivity index (χ2v) is 3.77. The molecule has 3 nitrogen and oxygen atoms in total. The number of rotatable bonds is 1. The highest BCUT2D eigenvalue weighted by Gasteiger charge is 2.13. The van der Waals surface area contributed by atoms with Crippen LogP contribution >= 0.6 is 15.9 Å². The number of hydrogen-bond acceptors (Lipinski definition) is 3. The lowest BCUT2D eigenvalue weighted by Gasteiger charge is -2.17. The van der Waals surface area contributed by atoms with Gasteiger partial charge in [0, 0.05) is 25.0 Å². The number of carbonyl (C=O) groups excluding carboxylic acids is 1. The maximum atomic E-state index is 11.2. The van der Waals surface area contributed by atoms with Crippen molar-refractivity contribution in [3.8, 4) is 0 Å². The molecule has 1 unspecified atom stereocenters. The number of halogens is 1. The van der Waals surface area contributed by atoms with Crippen LogP contribution in [0.4, 0.5) is 0 Å². The summed E-state index contributed by atoms with van der Waals surface area (Å²) in [5.74, 6) is -0.102. The molecule has 0 spiro atoms. The molecule has 1 fully saturated rings. The highest BCUT2D eigenvalue weighted by atomic mass is 79.9. The SMILES string of the molecule is O=C1CCCOCCCC(CBr)O1. The van der Waals surface area contributed by atoms with Crippen LogP contribution in [0.2, 0.25) is 0 Å². The fraction of sp³-hybridized carbons (Fsp3) is 0.889. The van der Waals surface area contributed by atoms with Gasteiger partial charge >= 0.3 is 5.97 Å². The molecule has 0 saturated carbocycles. The molecular formula is C9H15BrO3. The number of cyclic esters (lactones) is 1. The van der Waals surface area contributed by atoms with Crippen LogP contribution in [0, 0.1) is 0 Å². The molecule has 0 radical (unpaired) electrons. The van der Waals surface area contributed by atoms with E-state index < -0.39 is 0 Å². The van der Waals surface area contributed by atoms with E-state index in [1.807, 2.05) is 0 Å². The monoisotopic (exact) mass is 250 g/mol. The lowest BCUT2D eigenvalue weighted by Crippen LogP contribution is -2.21. The van der Waals surface area contributed by atoms with Crippen molar-refractivity contribution < 1.29 is 14.3 Å². The zero-order valence-corrected chi connectivity index (χ0v) is 9.22. The Balaban J connectivity index is 2.34. The first-order chi connectivity index (χ1) is 6.33. The van der Waals surface area contributed by atoms with Crippen LogP contribution in [0.25, 0.3) is 0 Å². The number of ether oxygens (including phenoxy) is 2. The van der Waals surface area contributed by atoms with Gasteiger partial charge in [-0.15, -0.1) is 0 Å². The molecule has 0 aromatic heterocycles. The van der Waals surface area contributed by atoms with Crippen molar-refractivity contribution in [3.63, 3.8) is 0 Å². The first-order valence-corrected chi connectivity index (χ1v) is 5.78. The molecule has 4 heteroatoms. The first-order valence-electron chi connectivity index (χ1n) is 4.66. The standard InChI is InChI=1S/C9H15BrO3/c10-7-8-3-1-5-12-6-2-4-9(11)13-8/h8H,1-7H2. The summed E-state index contributed by atoms with van der Waals surface area (Å²) in [6.07, 6.45) is 3.12. The second-order valence-electron chi connectivity index (χ2n) is 3.12. The molecule has 76 valence electrons. The van der Waals surface area contributed by atoms with E-state index in [1.54, 1.807) is 0 Å². The molecule has 0 N–H and O–H groups in total. The third kappa shape index (κ3) is 4.62. The maximum Gasteiger partial charge on any atom is 0.306 e. The zero-order valence-electron chi connectivity index (χ0n) is 7.63. The Bertz CT molecular complexity index is 161. The van der Waals surface area contributed by atoms with Crippen LogP contribution in [0.1, 0.15) is 25.7 Å². The quantitative estimate of drug-likeness (QED) is 0.527. The van der Waals surface area contributed by atoms with Gasteiger partial charge in [0.2, 0.25) is 0 Å². The van der Waals surface area contributed by atoms with E-state index in [4.69, 9.17) is 9.47 Å². The van der Waals surface area contributed by atoms with Gasteiger partial charge in [-0.1, -0.05) is 15.9 Å². The lowest BCUT2D eigenvalue weighted by molar-refractivity contribution is -0.149. The Morgan fingerprint density at radius 1 is 1.38 bits per heavy atom. The van der Waals surface area contributed by atoms with E-state index in [0.29, 0.717) is 13.0 Å². The second kappa shape index (κ2) is 6.38. The van der Waals surface area contributed by atoms with E-state index >= 15 is 0 Å². The van der Waals surface area contributed by atoms with Crippen LogP contribution in [0.15, 0.2) is 0 Å². The highest BCUT2D eigenvalue weighted by molar-refractivity contribution is 9.09. The van der Waals surface area contributed by atoms with Crippen LogP contribution < -0.4 is 0 Å². The van der Waals surface area contributed by atoms with Crippen LogP contribution in [-0.4, -0.2) is 30.6 Å². The summed E-state index contributed by atoms with van der Waals surface area (Å²) in [7, 11) is 0. The van der Waals surface area contributed by atoms with Crippen LogP contribution in [0.3, 0.4) is 0 Å². The molecule has 1 heterocycles. The van der Waals surface area contributed by atoms with E-state index in [9.17, 15) is 4.79 Å². The van der Waals surface area contributed by atoms with Gasteiger partial charge in [-0.3, -0.25) is 4.79 Å². The summed E-state index contributed by atoms with van der Waals surface area (Å²) >= 11 is 3.33. The Kier molecular flexibility index (Phi) is 5.39. The smallest absolute Gasteiger partial charge is 0.306 e. The molecule has 0 bridgehead atoms. The van der Waals surface area contributed by atoms with Crippen LogP contribution in [-0.2, 0) is 14.3 Å². The van der Waals surface area contributed by atoms with Gasteiger partial charge in [-0.2, -0.15) is 0 Å². The predicted molar refractivity (Wildman–Crippen MR) is 53.0 cm³/mol. The van der Waals surface area contributed by atoms with Crippen molar-refractivity contribution in [2.45, 2.75) is 31.8 Å². The molecule has 0 aromatic rings. The van der Waals surface area contributed by atoms with Crippen molar-refractivity contribution in [3.05, 3.63) is 0 Å². The van der Waals surface area contributed by atoms with Crippen molar-refractivity contribution in [1.82, 2.24) is 0 Å². The van der Waals surface area contributed by atoms with E-state index in [0.717, 1.165) is 31.2 Å². The minimum atomic E-state index is -0.102. The first kappa shape index (κ1) is 11.0. The van der Waals surface area contributed by atoms with Crippen molar-refractivity contribution >= 4 is 21.9 Å². The third-order valence-corrected chi connectivity index (χ3v) is 2.68. The molecule has 1 saturated heterocycles. The summed E-state index contributed by atoms with van der Waals surface area (Å²) in [4.78, 5) is 11.2. The predicted octanol–water partition coefficient (Wildman–Crippen LogP) is 1.88. The molecule has 0 aliphatic carbocycles. The summed E-state index contributed by atoms with van der Waals surface area (Å²) in [5, 5.41) is 0.721. The fourth-order valence-electron chi connectivity index (χ4n) is 1.25. The van der Waals surface area contributed by atoms with Gasteiger partial charge in [-0.05, 0) is 19.3 Å². The van der Waals surface area contributed by atoms with Gasteiger partial charge in [0.05, 0.1) is 0 Å². The number of esters is 1. The normalized spacial score (nSPS) is 26.5. The number of carbonyl (C=O) groups is 1. The Hall–Kier alpha value is -0.0900. The molecule has 13 heavy (non-hydrogen) atoms. The highest BCUT2D eigenvalue weighted by Crippen LogP contribution is 2.10. The molecule has 0 amide bonds. The van der Waals surface area contributed by atoms with Gasteiger partial charge in [0.15, 0.2) is 0 Å². The topological polar surface area (TPSA) is 35.5 Å². The van der Waals surface area contributed by atoms with Gasteiger partial charge < -0.3 is 9.47 Å². The molecule has 1 atom stereocenters. The Labute approximate surface area is 86.9 Å². The number of alkyl halides is 1. The van der Waals surface area contributed by atoms with E-state index in [-0.39, 0.29) is 12.1 Å². The summed E-state index contributed by atoms with van der Waals surface area (Å²) in [6.45, 7) is 1.45. The minimum absolute atomic E-state index is 0.0224. The van der Waals surface area contributed by atoms with Crippen molar-refractivity contribution in [2.24, 2.45) is 0 Å². The average Bonchev–Trinajstić information content (AvgIpc) is 2.15. The fourth-order valence-corrected chi connectivity index (χ4v) is 1.70. The summed E-state index contributed by atoms with van der Waals surface area (Å²) < 4.78 is 10.6. The summed E-state index contributed by atoms with van der Waals surface area (Å²) in [5.41, 5.74) is 0. The largest absolute Gasteiger partial charge is 0.461 e. The van der Waals surface area contributed by atoms with Crippen LogP contribution in [0.5, 0.6) is 0 Å². The van der Waals surface area contributed by atoms with Crippen molar-refractivity contribution in [2.75, 3.05) is 18.5 Å². The molecule has 0 aromatic carbocycles. The van der Waals surface area contributed by atoms with Gasteiger partial charge in [-0.25, -0.2) is 0 Å². The maximum absolute atomic E-state index is 11.2. The molecule has 1 rings (SSSR count). The molecule has 1 aliphatic heterocycles. The lowest BCUT2D eigenvalue weighted by atomic mass is 10.2. The van der Waals surface area contributed by atoms with E-state index in [2.05, 4.69) is 15.9 Å². The third-order valence-electron chi connectivity index (χ3n) is 1.95. The van der Waals surface area contributed by atoms with Gasteiger partial charge in [0.1, 0.15) is 6.10 Å². The summed E-state index contributed by atoms with van der Waals surface area (Å²) in [6, 6.07) is 0. The molecular weight excluding hydrogens is 236 g/mol. The molecule has 1 aliphatic rings. The Morgan fingerprint density at radius 3 is 2.92 bits per heavy atom.